The van der Waals surface area contributed by atoms with E-state index >= 15 is 0 Å². The Bertz CT molecular complexity index is 937. The van der Waals surface area contributed by atoms with Crippen molar-refractivity contribution in [2.45, 2.75) is 26.3 Å². The lowest BCUT2D eigenvalue weighted by molar-refractivity contribution is -0.126. The molecule has 1 aliphatic heterocycles. The second-order valence-electron chi connectivity index (χ2n) is 7.59. The number of piperidine rings is 1. The first-order chi connectivity index (χ1) is 13.1. The van der Waals surface area contributed by atoms with E-state index in [2.05, 4.69) is 54.7 Å². The van der Waals surface area contributed by atoms with E-state index in [1.54, 1.807) is 0 Å². The number of aromatic nitrogens is 2. The van der Waals surface area contributed by atoms with Gasteiger partial charge in [-0.15, -0.1) is 0 Å². The lowest BCUT2D eigenvalue weighted by atomic mass is 9.96. The number of amides is 1. The highest BCUT2D eigenvalue weighted by molar-refractivity contribution is 5.78. The Labute approximate surface area is 160 Å². The van der Waals surface area contributed by atoms with Gasteiger partial charge < -0.3 is 14.6 Å². The first-order valence-corrected chi connectivity index (χ1v) is 9.59. The molecule has 1 N–H and O–H groups in total. The second kappa shape index (κ2) is 7.53. The van der Waals surface area contributed by atoms with Crippen LogP contribution >= 0.6 is 0 Å². The van der Waals surface area contributed by atoms with E-state index in [0.717, 1.165) is 48.4 Å². The molecule has 1 fully saturated rings. The van der Waals surface area contributed by atoms with Gasteiger partial charge >= 0.3 is 0 Å². The second-order valence-corrected chi connectivity index (χ2v) is 7.59. The molecular weight excluding hydrogens is 336 g/mol. The summed E-state index contributed by atoms with van der Waals surface area (Å²) in [4.78, 5) is 19.4. The summed E-state index contributed by atoms with van der Waals surface area (Å²) in [5.74, 6) is 0.320. The van der Waals surface area contributed by atoms with Gasteiger partial charge in [-0.1, -0.05) is 35.9 Å². The van der Waals surface area contributed by atoms with Gasteiger partial charge in [0, 0.05) is 30.4 Å². The van der Waals surface area contributed by atoms with Crippen LogP contribution in [0.25, 0.3) is 16.9 Å². The van der Waals surface area contributed by atoms with E-state index in [4.69, 9.17) is 4.98 Å². The van der Waals surface area contributed by atoms with Gasteiger partial charge in [0.15, 0.2) is 0 Å². The molecule has 140 valence electrons. The Morgan fingerprint density at radius 3 is 2.59 bits per heavy atom. The minimum atomic E-state index is 0.145. The lowest BCUT2D eigenvalue weighted by Crippen LogP contribution is -2.38. The number of aryl methyl sites for hydroxylation is 1. The van der Waals surface area contributed by atoms with E-state index in [-0.39, 0.29) is 11.8 Å². The molecule has 1 aromatic carbocycles. The zero-order chi connectivity index (χ0) is 18.8. The molecule has 0 atom stereocenters. The maximum absolute atomic E-state index is 12.4. The van der Waals surface area contributed by atoms with E-state index in [0.29, 0.717) is 6.54 Å². The van der Waals surface area contributed by atoms with Crippen molar-refractivity contribution in [1.82, 2.24) is 19.6 Å². The number of likely N-dealkylation sites (tertiary alicyclic amines) is 1. The van der Waals surface area contributed by atoms with Gasteiger partial charge in [-0.05, 0) is 51.5 Å². The summed E-state index contributed by atoms with van der Waals surface area (Å²) in [5.41, 5.74) is 5.31. The minimum absolute atomic E-state index is 0.145. The van der Waals surface area contributed by atoms with Crippen LogP contribution < -0.4 is 5.32 Å². The average Bonchev–Trinajstić information content (AvgIpc) is 3.10. The summed E-state index contributed by atoms with van der Waals surface area (Å²) in [6.45, 7) is 4.64. The van der Waals surface area contributed by atoms with Gasteiger partial charge in [-0.25, -0.2) is 4.98 Å². The van der Waals surface area contributed by atoms with Gasteiger partial charge in [0.2, 0.25) is 5.91 Å². The van der Waals surface area contributed by atoms with Crippen LogP contribution in [0.3, 0.4) is 0 Å². The number of fused-ring (bicyclic) bond motifs is 1. The van der Waals surface area contributed by atoms with Gasteiger partial charge in [-0.2, -0.15) is 0 Å². The SMILES string of the molecule is Cc1ccc(-c2cn3cc(CNC(=O)C4CCN(C)CC4)ccc3n2)cc1. The maximum atomic E-state index is 12.4. The number of imidazole rings is 1. The zero-order valence-corrected chi connectivity index (χ0v) is 16.0. The van der Waals surface area contributed by atoms with Crippen LogP contribution in [0, 0.1) is 12.8 Å². The van der Waals surface area contributed by atoms with Crippen LogP contribution in [0.2, 0.25) is 0 Å². The van der Waals surface area contributed by atoms with Crippen molar-refractivity contribution in [2.75, 3.05) is 20.1 Å². The first kappa shape index (κ1) is 17.7. The molecule has 2 aromatic heterocycles. The van der Waals surface area contributed by atoms with E-state index in [1.165, 1.54) is 5.56 Å². The predicted octanol–water partition coefficient (Wildman–Crippen LogP) is 3.27. The lowest BCUT2D eigenvalue weighted by Gasteiger charge is -2.28. The summed E-state index contributed by atoms with van der Waals surface area (Å²) in [6.07, 6.45) is 5.99. The molecule has 3 heterocycles. The third kappa shape index (κ3) is 4.03. The molecule has 5 nitrogen and oxygen atoms in total. The molecule has 0 aliphatic carbocycles. The van der Waals surface area contributed by atoms with E-state index < -0.39 is 0 Å². The van der Waals surface area contributed by atoms with Crippen LogP contribution in [-0.4, -0.2) is 40.3 Å². The van der Waals surface area contributed by atoms with E-state index in [9.17, 15) is 4.79 Å². The van der Waals surface area contributed by atoms with Crippen LogP contribution in [0.5, 0.6) is 0 Å². The number of nitrogens with one attached hydrogen (secondary N) is 1. The normalized spacial score (nSPS) is 15.9. The van der Waals surface area contributed by atoms with Crippen molar-refractivity contribution >= 4 is 11.6 Å². The smallest absolute Gasteiger partial charge is 0.223 e. The number of carbonyl (C=O) groups is 1. The fraction of sp³-hybridized carbons (Fsp3) is 0.364. The van der Waals surface area contributed by atoms with Gasteiger partial charge in [0.05, 0.1) is 5.69 Å². The number of carbonyl (C=O) groups excluding carboxylic acids is 1. The number of pyridine rings is 1. The third-order valence-electron chi connectivity index (χ3n) is 5.42. The van der Waals surface area contributed by atoms with Crippen molar-refractivity contribution in [2.24, 2.45) is 5.92 Å². The summed E-state index contributed by atoms with van der Waals surface area (Å²) >= 11 is 0. The van der Waals surface area contributed by atoms with Crippen molar-refractivity contribution in [3.63, 3.8) is 0 Å². The number of hydrogen-bond donors (Lipinski definition) is 1. The van der Waals surface area contributed by atoms with Gasteiger partial charge in [-0.3, -0.25) is 4.79 Å². The number of rotatable bonds is 4. The summed E-state index contributed by atoms with van der Waals surface area (Å²) in [5, 5.41) is 3.10. The molecule has 0 saturated carbocycles. The van der Waals surface area contributed by atoms with Crippen molar-refractivity contribution in [3.05, 3.63) is 59.9 Å². The maximum Gasteiger partial charge on any atom is 0.223 e. The molecule has 0 bridgehead atoms. The molecule has 27 heavy (non-hydrogen) atoms. The predicted molar refractivity (Wildman–Crippen MR) is 107 cm³/mol. The van der Waals surface area contributed by atoms with Gasteiger partial charge in [0.25, 0.3) is 0 Å². The summed E-state index contributed by atoms with van der Waals surface area (Å²) in [7, 11) is 2.11. The van der Waals surface area contributed by atoms with Crippen LogP contribution in [0.15, 0.2) is 48.8 Å². The Hall–Kier alpha value is -2.66. The summed E-state index contributed by atoms with van der Waals surface area (Å²) in [6, 6.07) is 12.4. The molecule has 4 rings (SSSR count). The number of nitrogens with zero attached hydrogens (tertiary/aromatic N) is 3. The molecule has 0 unspecified atom stereocenters. The van der Waals surface area contributed by atoms with Crippen molar-refractivity contribution in [3.8, 4) is 11.3 Å². The fourth-order valence-electron chi connectivity index (χ4n) is 3.61. The quantitative estimate of drug-likeness (QED) is 0.775. The monoisotopic (exact) mass is 362 g/mol. The summed E-state index contributed by atoms with van der Waals surface area (Å²) < 4.78 is 2.03. The molecule has 1 amide bonds. The largest absolute Gasteiger partial charge is 0.352 e. The first-order valence-electron chi connectivity index (χ1n) is 9.59. The van der Waals surface area contributed by atoms with Crippen molar-refractivity contribution in [1.29, 1.82) is 0 Å². The number of benzene rings is 1. The van der Waals surface area contributed by atoms with Crippen LogP contribution in [-0.2, 0) is 11.3 Å². The molecule has 0 spiro atoms. The Morgan fingerprint density at radius 1 is 1.11 bits per heavy atom. The molecule has 0 radical (unpaired) electrons. The fourth-order valence-corrected chi connectivity index (χ4v) is 3.61. The highest BCUT2D eigenvalue weighted by Crippen LogP contribution is 2.20. The van der Waals surface area contributed by atoms with Crippen molar-refractivity contribution < 1.29 is 4.79 Å². The van der Waals surface area contributed by atoms with Gasteiger partial charge in [0.1, 0.15) is 5.65 Å². The average molecular weight is 362 g/mol. The molecule has 3 aromatic rings. The molecular formula is C22H26N4O. The third-order valence-corrected chi connectivity index (χ3v) is 5.42. The standard InChI is InChI=1S/C22H26N4O/c1-16-3-6-18(7-4-16)20-15-26-14-17(5-8-21(26)24-20)13-23-22(27)19-9-11-25(2)12-10-19/h3-8,14-15,19H,9-13H2,1-2H3,(H,23,27). The highest BCUT2D eigenvalue weighted by Gasteiger charge is 2.22. The molecule has 5 heteroatoms. The minimum Gasteiger partial charge on any atom is -0.352 e. The Balaban J connectivity index is 1.44. The topological polar surface area (TPSA) is 49.6 Å². The highest BCUT2D eigenvalue weighted by atomic mass is 16.1. The number of hydrogen-bond acceptors (Lipinski definition) is 3. The van der Waals surface area contributed by atoms with Crippen LogP contribution in [0.1, 0.15) is 24.0 Å². The van der Waals surface area contributed by atoms with E-state index in [1.807, 2.05) is 22.7 Å². The molecule has 1 saturated heterocycles. The Morgan fingerprint density at radius 2 is 1.85 bits per heavy atom. The van der Waals surface area contributed by atoms with Crippen LogP contribution in [0.4, 0.5) is 0 Å². The zero-order valence-electron chi connectivity index (χ0n) is 16.0. The molecule has 1 aliphatic rings. The Kier molecular flexibility index (Phi) is 4.94.